The smallest absolute Gasteiger partial charge is 0.0707 e. The summed E-state index contributed by atoms with van der Waals surface area (Å²) in [6.45, 7) is 6.44. The molecule has 3 fully saturated rings. The molecule has 1 saturated heterocycles. The topological polar surface area (TPSA) is 42.7 Å². The van der Waals surface area contributed by atoms with E-state index >= 15 is 0 Å². The first-order valence-corrected chi connectivity index (χ1v) is 7.68. The zero-order valence-corrected chi connectivity index (χ0v) is 11.4. The molecule has 0 spiro atoms. The summed E-state index contributed by atoms with van der Waals surface area (Å²) in [5.41, 5.74) is 7.11. The van der Waals surface area contributed by atoms with Crippen LogP contribution in [0.15, 0.2) is 5.11 Å². The zero-order chi connectivity index (χ0) is 12.4. The molecule has 1 aliphatic heterocycles. The highest BCUT2D eigenvalue weighted by Crippen LogP contribution is 2.30. The summed E-state index contributed by atoms with van der Waals surface area (Å²) in [7, 11) is 0. The summed E-state index contributed by atoms with van der Waals surface area (Å²) in [6, 6.07) is 1.11. The molecule has 2 aliphatic carbocycles. The molecule has 0 aromatic rings. The van der Waals surface area contributed by atoms with E-state index in [1.54, 1.807) is 0 Å². The lowest BCUT2D eigenvalue weighted by atomic mass is 9.90. The fraction of sp³-hybridized carbons (Fsp3) is 1.00. The molecule has 1 heterocycles. The Hall–Kier alpha value is -0.480. The van der Waals surface area contributed by atoms with Crippen molar-refractivity contribution in [2.24, 2.45) is 11.0 Å². The zero-order valence-electron chi connectivity index (χ0n) is 11.4. The third-order valence-corrected chi connectivity index (χ3v) is 4.99. The second kappa shape index (κ2) is 5.66. The summed E-state index contributed by atoms with van der Waals surface area (Å²) >= 11 is 0. The number of hydrogen-bond acceptors (Lipinski definition) is 4. The molecule has 4 heteroatoms. The minimum Gasteiger partial charge on any atom is -0.301 e. The lowest BCUT2D eigenvalue weighted by molar-refractivity contribution is 0.0739. The van der Waals surface area contributed by atoms with Crippen molar-refractivity contribution in [1.82, 2.24) is 9.80 Å². The van der Waals surface area contributed by atoms with Crippen molar-refractivity contribution in [3.05, 3.63) is 0 Å². The summed E-state index contributed by atoms with van der Waals surface area (Å²) in [5, 5.41) is 3.70. The normalized spacial score (nSPS) is 35.6. The maximum atomic E-state index is 7.11. The molecule has 0 amide bonds. The van der Waals surface area contributed by atoms with Gasteiger partial charge in [-0.25, -0.2) is 5.53 Å². The van der Waals surface area contributed by atoms with Crippen LogP contribution < -0.4 is 0 Å². The molecular formula is C14H26N4. The molecule has 0 atom stereocenters. The molecule has 0 unspecified atom stereocenters. The van der Waals surface area contributed by atoms with E-state index in [4.69, 9.17) is 5.53 Å². The van der Waals surface area contributed by atoms with Gasteiger partial charge in [0.2, 0.25) is 0 Å². The van der Waals surface area contributed by atoms with Gasteiger partial charge in [0.25, 0.3) is 0 Å². The van der Waals surface area contributed by atoms with Crippen LogP contribution in [0.2, 0.25) is 0 Å². The summed E-state index contributed by atoms with van der Waals surface area (Å²) in [6.07, 6.45) is 7.74. The van der Waals surface area contributed by atoms with Crippen LogP contribution >= 0.6 is 0 Å². The number of piperazine rings is 1. The van der Waals surface area contributed by atoms with Gasteiger partial charge in [0.1, 0.15) is 0 Å². The van der Waals surface area contributed by atoms with Crippen molar-refractivity contribution in [3.8, 4) is 0 Å². The Bertz CT molecular complexity index is 274. The first-order chi connectivity index (χ1) is 8.85. The molecular weight excluding hydrogens is 224 g/mol. The molecule has 3 rings (SSSR count). The summed E-state index contributed by atoms with van der Waals surface area (Å²) < 4.78 is 0. The first-order valence-electron chi connectivity index (χ1n) is 7.68. The quantitative estimate of drug-likeness (QED) is 0.778. The Morgan fingerprint density at radius 2 is 1.56 bits per heavy atom. The van der Waals surface area contributed by atoms with Crippen LogP contribution in [-0.2, 0) is 0 Å². The van der Waals surface area contributed by atoms with Gasteiger partial charge in [0, 0.05) is 38.8 Å². The fourth-order valence-corrected chi connectivity index (χ4v) is 3.53. The number of rotatable bonds is 4. The maximum Gasteiger partial charge on any atom is 0.0707 e. The summed E-state index contributed by atoms with van der Waals surface area (Å²) in [4.78, 5) is 5.36. The number of nitrogens with zero attached hydrogens (tertiary/aromatic N) is 3. The van der Waals surface area contributed by atoms with E-state index in [9.17, 15) is 0 Å². The van der Waals surface area contributed by atoms with Crippen LogP contribution in [0, 0.1) is 11.4 Å². The molecule has 0 bridgehead atoms. The predicted molar refractivity (Wildman–Crippen MR) is 71.9 cm³/mol. The molecule has 2 saturated carbocycles. The van der Waals surface area contributed by atoms with Crippen molar-refractivity contribution in [3.63, 3.8) is 0 Å². The maximum absolute atomic E-state index is 7.11. The Morgan fingerprint density at radius 1 is 0.889 bits per heavy atom. The molecule has 3 aliphatic rings. The number of hydrogen-bond donors (Lipinski definition) is 1. The fourth-order valence-electron chi connectivity index (χ4n) is 3.53. The van der Waals surface area contributed by atoms with Crippen LogP contribution in [0.4, 0.5) is 0 Å². The summed E-state index contributed by atoms with van der Waals surface area (Å²) in [5.74, 6) is 1.03. The average molecular weight is 250 g/mol. The molecule has 1 N–H and O–H groups in total. The van der Waals surface area contributed by atoms with E-state index in [0.29, 0.717) is 6.04 Å². The van der Waals surface area contributed by atoms with Crippen LogP contribution in [0.25, 0.3) is 0 Å². The Morgan fingerprint density at radius 3 is 2.11 bits per heavy atom. The standard InChI is InChI=1S/C14H26N4/c15-16-13-3-5-14(6-4-13)18-9-7-17(8-10-18)11-12-1-2-12/h12-15H,1-11H2. The third-order valence-electron chi connectivity index (χ3n) is 4.99. The second-order valence-electron chi connectivity index (χ2n) is 6.37. The van der Waals surface area contributed by atoms with Gasteiger partial charge in [-0.15, -0.1) is 0 Å². The van der Waals surface area contributed by atoms with Crippen molar-refractivity contribution in [1.29, 1.82) is 5.53 Å². The van der Waals surface area contributed by atoms with Gasteiger partial charge in [-0.3, -0.25) is 4.90 Å². The van der Waals surface area contributed by atoms with E-state index in [-0.39, 0.29) is 0 Å². The Balaban J connectivity index is 1.40. The highest BCUT2D eigenvalue weighted by Gasteiger charge is 2.30. The van der Waals surface area contributed by atoms with Crippen molar-refractivity contribution >= 4 is 0 Å². The van der Waals surface area contributed by atoms with Gasteiger partial charge >= 0.3 is 0 Å². The highest BCUT2D eigenvalue weighted by molar-refractivity contribution is 4.86. The molecule has 102 valence electrons. The van der Waals surface area contributed by atoms with E-state index in [0.717, 1.165) is 24.8 Å². The Kier molecular flexibility index (Phi) is 3.94. The predicted octanol–water partition coefficient (Wildman–Crippen LogP) is 2.36. The van der Waals surface area contributed by atoms with Gasteiger partial charge in [-0.2, -0.15) is 5.11 Å². The van der Waals surface area contributed by atoms with E-state index in [1.807, 2.05) is 0 Å². The van der Waals surface area contributed by atoms with Crippen molar-refractivity contribution in [2.45, 2.75) is 50.6 Å². The van der Waals surface area contributed by atoms with Crippen LogP contribution in [0.3, 0.4) is 0 Å². The number of nitrogens with one attached hydrogen (secondary N) is 1. The molecule has 4 nitrogen and oxygen atoms in total. The van der Waals surface area contributed by atoms with Crippen LogP contribution in [0.5, 0.6) is 0 Å². The minimum absolute atomic E-state index is 0.331. The van der Waals surface area contributed by atoms with Gasteiger partial charge in [-0.05, 0) is 44.4 Å². The lowest BCUT2D eigenvalue weighted by Gasteiger charge is -2.41. The van der Waals surface area contributed by atoms with E-state index in [2.05, 4.69) is 14.9 Å². The average Bonchev–Trinajstić information content (AvgIpc) is 3.24. The second-order valence-corrected chi connectivity index (χ2v) is 6.37. The van der Waals surface area contributed by atoms with Crippen LogP contribution in [0.1, 0.15) is 38.5 Å². The third kappa shape index (κ3) is 3.09. The highest BCUT2D eigenvalue weighted by atomic mass is 15.3. The van der Waals surface area contributed by atoms with Crippen molar-refractivity contribution < 1.29 is 0 Å². The van der Waals surface area contributed by atoms with Crippen LogP contribution in [-0.4, -0.2) is 54.6 Å². The monoisotopic (exact) mass is 250 g/mol. The first kappa shape index (κ1) is 12.5. The van der Waals surface area contributed by atoms with Gasteiger partial charge in [0.05, 0.1) is 6.04 Å². The molecule has 0 aromatic carbocycles. The SMILES string of the molecule is N=NC1CCC(N2CCN(CC3CC3)CC2)CC1. The molecule has 0 radical (unpaired) electrons. The van der Waals surface area contributed by atoms with Gasteiger partial charge < -0.3 is 4.90 Å². The largest absolute Gasteiger partial charge is 0.301 e. The minimum atomic E-state index is 0.331. The molecule has 18 heavy (non-hydrogen) atoms. The lowest BCUT2D eigenvalue weighted by Crippen LogP contribution is -2.51. The molecule has 0 aromatic heterocycles. The van der Waals surface area contributed by atoms with Gasteiger partial charge in [-0.1, -0.05) is 0 Å². The van der Waals surface area contributed by atoms with Gasteiger partial charge in [0.15, 0.2) is 0 Å². The van der Waals surface area contributed by atoms with Crippen molar-refractivity contribution in [2.75, 3.05) is 32.7 Å². The Labute approximate surface area is 110 Å². The van der Waals surface area contributed by atoms with E-state index in [1.165, 1.54) is 58.4 Å². The van der Waals surface area contributed by atoms with E-state index < -0.39 is 0 Å².